The van der Waals surface area contributed by atoms with E-state index in [9.17, 15) is 4.79 Å². The Labute approximate surface area is 137 Å². The molecule has 7 heteroatoms. The van der Waals surface area contributed by atoms with Crippen LogP contribution in [0.2, 0.25) is 0 Å². The van der Waals surface area contributed by atoms with E-state index < -0.39 is 0 Å². The second-order valence-corrected chi connectivity index (χ2v) is 8.17. The van der Waals surface area contributed by atoms with Gasteiger partial charge >= 0.3 is 0 Å². The topological polar surface area (TPSA) is 54.9 Å². The third kappa shape index (κ3) is 4.21. The van der Waals surface area contributed by atoms with Crippen molar-refractivity contribution in [2.24, 2.45) is 0 Å². The number of rotatable bonds is 5. The monoisotopic (exact) mass is 339 g/mol. The molecule has 0 saturated carbocycles. The van der Waals surface area contributed by atoms with E-state index in [4.69, 9.17) is 0 Å². The molecular formula is C14H17N3OS3. The molecule has 0 saturated heterocycles. The number of thioether (sulfide) groups is 2. The lowest BCUT2D eigenvalue weighted by molar-refractivity contribution is -0.115. The average molecular weight is 340 g/mol. The number of nitrogens with zero attached hydrogens (tertiary/aromatic N) is 2. The van der Waals surface area contributed by atoms with E-state index in [0.717, 1.165) is 25.5 Å². The van der Waals surface area contributed by atoms with Gasteiger partial charge in [0.05, 0.1) is 5.25 Å². The fourth-order valence-corrected chi connectivity index (χ4v) is 4.35. The molecule has 1 N–H and O–H groups in total. The highest BCUT2D eigenvalue weighted by Gasteiger charge is 2.18. The molecule has 0 fully saturated rings. The molecular weight excluding hydrogens is 322 g/mol. The van der Waals surface area contributed by atoms with Crippen molar-refractivity contribution in [3.05, 3.63) is 29.3 Å². The van der Waals surface area contributed by atoms with E-state index in [0.29, 0.717) is 0 Å². The van der Waals surface area contributed by atoms with E-state index in [2.05, 4.69) is 15.5 Å². The summed E-state index contributed by atoms with van der Waals surface area (Å²) in [7, 11) is 0. The number of amides is 1. The zero-order chi connectivity index (χ0) is 15.4. The van der Waals surface area contributed by atoms with E-state index in [1.165, 1.54) is 23.1 Å². The van der Waals surface area contributed by atoms with Crippen molar-refractivity contribution in [1.82, 2.24) is 10.2 Å². The second kappa shape index (κ2) is 7.29. The van der Waals surface area contributed by atoms with Crippen LogP contribution in [0.15, 0.2) is 26.9 Å². The van der Waals surface area contributed by atoms with Gasteiger partial charge < -0.3 is 5.32 Å². The van der Waals surface area contributed by atoms with Crippen LogP contribution in [0, 0.1) is 13.8 Å². The van der Waals surface area contributed by atoms with Gasteiger partial charge in [-0.2, -0.15) is 0 Å². The van der Waals surface area contributed by atoms with Gasteiger partial charge in [-0.05, 0) is 38.2 Å². The number of aryl methyl sites for hydroxylation is 2. The molecule has 112 valence electrons. The maximum atomic E-state index is 12.3. The molecule has 1 aromatic carbocycles. The molecule has 0 aliphatic rings. The summed E-state index contributed by atoms with van der Waals surface area (Å²) in [6, 6.07) is 5.98. The molecule has 0 spiro atoms. The predicted octanol–water partition coefficient (Wildman–Crippen LogP) is 4.00. The van der Waals surface area contributed by atoms with Crippen molar-refractivity contribution in [3.8, 4) is 0 Å². The Hall–Kier alpha value is -1.05. The highest BCUT2D eigenvalue weighted by molar-refractivity contribution is 8.03. The van der Waals surface area contributed by atoms with E-state index in [-0.39, 0.29) is 11.2 Å². The summed E-state index contributed by atoms with van der Waals surface area (Å²) in [4.78, 5) is 12.3. The van der Waals surface area contributed by atoms with Crippen LogP contribution in [-0.4, -0.2) is 27.6 Å². The molecule has 2 aromatic rings. The first kappa shape index (κ1) is 16.3. The quantitative estimate of drug-likeness (QED) is 0.835. The van der Waals surface area contributed by atoms with Gasteiger partial charge in [0.2, 0.25) is 5.91 Å². The molecule has 0 unspecified atom stereocenters. The van der Waals surface area contributed by atoms with Crippen LogP contribution >= 0.6 is 34.9 Å². The Bertz CT molecular complexity index is 622. The molecule has 0 radical (unpaired) electrons. The minimum absolute atomic E-state index is 0.0155. The lowest BCUT2D eigenvalue weighted by atomic mass is 10.1. The van der Waals surface area contributed by atoms with Crippen LogP contribution in [0.3, 0.4) is 0 Å². The second-order valence-electron chi connectivity index (χ2n) is 4.55. The molecule has 2 rings (SSSR count). The zero-order valence-corrected chi connectivity index (χ0v) is 14.8. The van der Waals surface area contributed by atoms with Crippen LogP contribution in [0.4, 0.5) is 5.69 Å². The first-order valence-electron chi connectivity index (χ1n) is 6.42. The molecule has 21 heavy (non-hydrogen) atoms. The summed E-state index contributed by atoms with van der Waals surface area (Å²) in [5, 5.41) is 10.9. The Kier molecular flexibility index (Phi) is 5.66. The third-order valence-corrected chi connectivity index (χ3v) is 6.02. The number of hydrogen-bond donors (Lipinski definition) is 1. The van der Waals surface area contributed by atoms with Crippen molar-refractivity contribution in [2.45, 2.75) is 34.7 Å². The molecule has 1 atom stereocenters. The van der Waals surface area contributed by atoms with E-state index in [1.54, 1.807) is 11.8 Å². The summed E-state index contributed by atoms with van der Waals surface area (Å²) in [5.41, 5.74) is 3.04. The Balaban J connectivity index is 2.02. The Morgan fingerprint density at radius 3 is 2.43 bits per heavy atom. The van der Waals surface area contributed by atoms with Gasteiger partial charge in [0.25, 0.3) is 0 Å². The number of para-hydroxylation sites is 1. The number of hydrogen-bond acceptors (Lipinski definition) is 6. The maximum Gasteiger partial charge on any atom is 0.237 e. The van der Waals surface area contributed by atoms with Gasteiger partial charge in [0.1, 0.15) is 0 Å². The van der Waals surface area contributed by atoms with Crippen LogP contribution < -0.4 is 5.32 Å². The van der Waals surface area contributed by atoms with E-state index in [1.807, 2.05) is 45.2 Å². The van der Waals surface area contributed by atoms with Gasteiger partial charge in [0.15, 0.2) is 8.68 Å². The van der Waals surface area contributed by atoms with Gasteiger partial charge in [-0.3, -0.25) is 4.79 Å². The normalized spacial score (nSPS) is 12.2. The maximum absolute atomic E-state index is 12.3. The van der Waals surface area contributed by atoms with Crippen molar-refractivity contribution in [3.63, 3.8) is 0 Å². The minimum atomic E-state index is -0.216. The Morgan fingerprint density at radius 2 is 1.86 bits per heavy atom. The summed E-state index contributed by atoms with van der Waals surface area (Å²) in [5.74, 6) is -0.0155. The summed E-state index contributed by atoms with van der Waals surface area (Å²) >= 11 is 4.52. The number of aromatic nitrogens is 2. The summed E-state index contributed by atoms with van der Waals surface area (Å²) in [6.07, 6.45) is 1.96. The standard InChI is InChI=1S/C14H17N3OS3/c1-8-6-5-7-9(2)11(8)15-12(18)10(3)20-14-17-16-13(19-4)21-14/h5-7,10H,1-4H3,(H,15,18)/t10-/m0/s1. The Morgan fingerprint density at radius 1 is 1.24 bits per heavy atom. The number of anilines is 1. The average Bonchev–Trinajstić information content (AvgIpc) is 2.90. The minimum Gasteiger partial charge on any atom is -0.325 e. The lowest BCUT2D eigenvalue weighted by Crippen LogP contribution is -2.23. The smallest absolute Gasteiger partial charge is 0.237 e. The third-order valence-electron chi connectivity index (χ3n) is 2.94. The lowest BCUT2D eigenvalue weighted by Gasteiger charge is -2.14. The van der Waals surface area contributed by atoms with Crippen LogP contribution in [0.5, 0.6) is 0 Å². The van der Waals surface area contributed by atoms with Gasteiger partial charge in [-0.25, -0.2) is 0 Å². The van der Waals surface area contributed by atoms with Crippen molar-refractivity contribution in [1.29, 1.82) is 0 Å². The molecule has 0 aliphatic carbocycles. The summed E-state index contributed by atoms with van der Waals surface area (Å²) in [6.45, 7) is 5.87. The first-order valence-corrected chi connectivity index (χ1v) is 9.34. The highest BCUT2D eigenvalue weighted by Crippen LogP contribution is 2.31. The zero-order valence-electron chi connectivity index (χ0n) is 12.3. The van der Waals surface area contributed by atoms with Crippen LogP contribution in [-0.2, 0) is 4.79 Å². The van der Waals surface area contributed by atoms with Crippen molar-refractivity contribution < 1.29 is 4.79 Å². The predicted molar refractivity (Wildman–Crippen MR) is 91.6 cm³/mol. The SMILES string of the molecule is CSc1nnc(S[C@@H](C)C(=O)Nc2c(C)cccc2C)s1. The fourth-order valence-electron chi connectivity index (χ4n) is 1.77. The van der Waals surface area contributed by atoms with Crippen LogP contribution in [0.1, 0.15) is 18.1 Å². The van der Waals surface area contributed by atoms with Gasteiger partial charge in [-0.1, -0.05) is 53.1 Å². The van der Waals surface area contributed by atoms with Gasteiger partial charge in [0, 0.05) is 5.69 Å². The van der Waals surface area contributed by atoms with Crippen molar-refractivity contribution in [2.75, 3.05) is 11.6 Å². The molecule has 4 nitrogen and oxygen atoms in total. The first-order chi connectivity index (χ1) is 10.0. The molecule has 0 bridgehead atoms. The number of benzene rings is 1. The largest absolute Gasteiger partial charge is 0.325 e. The van der Waals surface area contributed by atoms with E-state index >= 15 is 0 Å². The molecule has 0 aliphatic heterocycles. The molecule has 1 heterocycles. The van der Waals surface area contributed by atoms with Gasteiger partial charge in [-0.15, -0.1) is 10.2 Å². The van der Waals surface area contributed by atoms with Crippen molar-refractivity contribution >= 4 is 46.5 Å². The molecule has 1 amide bonds. The fraction of sp³-hybridized carbons (Fsp3) is 0.357. The summed E-state index contributed by atoms with van der Waals surface area (Å²) < 4.78 is 1.74. The highest BCUT2D eigenvalue weighted by atomic mass is 32.2. The number of carbonyl (C=O) groups is 1. The number of nitrogens with one attached hydrogen (secondary N) is 1. The number of carbonyl (C=O) groups excluding carboxylic acids is 1. The molecule has 1 aromatic heterocycles. The van der Waals surface area contributed by atoms with Crippen LogP contribution in [0.25, 0.3) is 0 Å².